The summed E-state index contributed by atoms with van der Waals surface area (Å²) < 4.78 is 10.2. The first-order valence-corrected chi connectivity index (χ1v) is 8.60. The summed E-state index contributed by atoms with van der Waals surface area (Å²) in [7, 11) is 4.73. The molecule has 0 unspecified atom stereocenters. The summed E-state index contributed by atoms with van der Waals surface area (Å²) in [6.45, 7) is 1.31. The van der Waals surface area contributed by atoms with E-state index in [2.05, 4.69) is 5.32 Å². The molecule has 0 aromatic heterocycles. The summed E-state index contributed by atoms with van der Waals surface area (Å²) in [5.41, 5.74) is 1.79. The Labute approximate surface area is 153 Å². The van der Waals surface area contributed by atoms with E-state index in [0.29, 0.717) is 19.6 Å². The first-order chi connectivity index (χ1) is 12.5. The van der Waals surface area contributed by atoms with Gasteiger partial charge in [0, 0.05) is 40.0 Å². The molecule has 0 saturated carbocycles. The van der Waals surface area contributed by atoms with Crippen molar-refractivity contribution >= 4 is 17.8 Å². The quantitative estimate of drug-likeness (QED) is 0.756. The number of rotatable bonds is 6. The van der Waals surface area contributed by atoms with E-state index in [1.54, 1.807) is 7.05 Å². The van der Waals surface area contributed by atoms with Crippen LogP contribution in [0.15, 0.2) is 24.3 Å². The van der Waals surface area contributed by atoms with E-state index in [1.165, 1.54) is 24.0 Å². The van der Waals surface area contributed by atoms with Gasteiger partial charge in [-0.15, -0.1) is 0 Å². The monoisotopic (exact) mass is 365 g/mol. The van der Waals surface area contributed by atoms with E-state index < -0.39 is 12.4 Å². The number of likely N-dealkylation sites (N-methyl/N-ethyl adjacent to an activating group) is 1. The van der Waals surface area contributed by atoms with E-state index >= 15 is 0 Å². The second kappa shape index (κ2) is 9.40. The minimum Gasteiger partial charge on any atom is -0.465 e. The first-order valence-electron chi connectivity index (χ1n) is 8.60. The van der Waals surface area contributed by atoms with Crippen LogP contribution in [0.25, 0.3) is 0 Å². The van der Waals surface area contributed by atoms with Gasteiger partial charge in [0.1, 0.15) is 0 Å². The van der Waals surface area contributed by atoms with Crippen molar-refractivity contribution in [3.05, 3.63) is 29.8 Å². The zero-order valence-electron chi connectivity index (χ0n) is 15.5. The largest absolute Gasteiger partial charge is 0.465 e. The van der Waals surface area contributed by atoms with Gasteiger partial charge in [-0.3, -0.25) is 0 Å². The van der Waals surface area contributed by atoms with Gasteiger partial charge >= 0.3 is 12.1 Å². The molecule has 0 radical (unpaired) electrons. The van der Waals surface area contributed by atoms with Crippen LogP contribution in [0.3, 0.4) is 0 Å². The highest BCUT2D eigenvalue weighted by molar-refractivity contribution is 5.90. The fourth-order valence-corrected chi connectivity index (χ4v) is 3.11. The number of methoxy groups -OCH3 is 2. The van der Waals surface area contributed by atoms with Gasteiger partial charge in [0.05, 0.1) is 6.54 Å². The minimum absolute atomic E-state index is 0.220. The maximum absolute atomic E-state index is 12.5. The number of benzene rings is 1. The molecule has 0 bridgehead atoms. The van der Waals surface area contributed by atoms with Gasteiger partial charge in [0.2, 0.25) is 0 Å². The van der Waals surface area contributed by atoms with Crippen LogP contribution in [-0.2, 0) is 9.47 Å². The third-order valence-corrected chi connectivity index (χ3v) is 4.70. The third-order valence-electron chi connectivity index (χ3n) is 4.70. The Morgan fingerprint density at radius 2 is 1.88 bits per heavy atom. The lowest BCUT2D eigenvalue weighted by Crippen LogP contribution is -2.39. The SMILES string of the molecule is COC(CN(C)C(=O)Nc1ccccc1C1CCN(C(=O)O)CC1)OC. The minimum atomic E-state index is -0.877. The molecule has 0 spiro atoms. The van der Waals surface area contributed by atoms with Crippen LogP contribution in [0.5, 0.6) is 0 Å². The van der Waals surface area contributed by atoms with Crippen LogP contribution in [0, 0.1) is 0 Å². The Kier molecular flexibility index (Phi) is 7.23. The number of hydrogen-bond donors (Lipinski definition) is 2. The van der Waals surface area contributed by atoms with Crippen molar-refractivity contribution in [3.8, 4) is 0 Å². The lowest BCUT2D eigenvalue weighted by Gasteiger charge is -2.31. The van der Waals surface area contributed by atoms with E-state index in [0.717, 1.165) is 24.1 Å². The molecular formula is C18H27N3O5. The van der Waals surface area contributed by atoms with Crippen molar-refractivity contribution in [1.82, 2.24) is 9.80 Å². The summed E-state index contributed by atoms with van der Waals surface area (Å²) in [6.07, 6.45) is 0.119. The van der Waals surface area contributed by atoms with Crippen LogP contribution >= 0.6 is 0 Å². The molecule has 0 atom stereocenters. The van der Waals surface area contributed by atoms with Crippen molar-refractivity contribution in [1.29, 1.82) is 0 Å². The normalized spacial score (nSPS) is 15.2. The number of hydrogen-bond acceptors (Lipinski definition) is 4. The lowest BCUT2D eigenvalue weighted by molar-refractivity contribution is -0.108. The maximum atomic E-state index is 12.5. The number of carbonyl (C=O) groups is 2. The molecule has 26 heavy (non-hydrogen) atoms. The van der Waals surface area contributed by atoms with Crippen LogP contribution < -0.4 is 5.32 Å². The summed E-state index contributed by atoms with van der Waals surface area (Å²) in [5, 5.41) is 12.0. The summed E-state index contributed by atoms with van der Waals surface area (Å²) in [6, 6.07) is 7.42. The molecule has 1 heterocycles. The number of nitrogens with one attached hydrogen (secondary N) is 1. The van der Waals surface area contributed by atoms with Crippen LogP contribution in [-0.4, -0.2) is 74.2 Å². The van der Waals surface area contributed by atoms with Gasteiger partial charge in [-0.2, -0.15) is 0 Å². The number of ether oxygens (including phenoxy) is 2. The Morgan fingerprint density at radius 1 is 1.27 bits per heavy atom. The summed E-state index contributed by atoms with van der Waals surface area (Å²) >= 11 is 0. The molecule has 144 valence electrons. The fourth-order valence-electron chi connectivity index (χ4n) is 3.11. The van der Waals surface area contributed by atoms with E-state index in [1.807, 2.05) is 24.3 Å². The Balaban J connectivity index is 2.02. The Hall–Kier alpha value is -2.32. The van der Waals surface area contributed by atoms with Gasteiger partial charge in [0.25, 0.3) is 0 Å². The van der Waals surface area contributed by atoms with Gasteiger partial charge in [-0.05, 0) is 30.4 Å². The van der Waals surface area contributed by atoms with Crippen LogP contribution in [0.4, 0.5) is 15.3 Å². The second-order valence-electron chi connectivity index (χ2n) is 6.34. The van der Waals surface area contributed by atoms with E-state index in [-0.39, 0.29) is 11.9 Å². The van der Waals surface area contributed by atoms with Crippen molar-refractivity contribution in [3.63, 3.8) is 0 Å². The molecule has 1 saturated heterocycles. The smallest absolute Gasteiger partial charge is 0.407 e. The van der Waals surface area contributed by atoms with Crippen molar-refractivity contribution in [2.75, 3.05) is 46.2 Å². The number of anilines is 1. The van der Waals surface area contributed by atoms with Gasteiger partial charge in [-0.1, -0.05) is 18.2 Å². The number of piperidine rings is 1. The second-order valence-corrected chi connectivity index (χ2v) is 6.34. The molecule has 1 aromatic rings. The molecule has 1 fully saturated rings. The predicted molar refractivity (Wildman–Crippen MR) is 97.5 cm³/mol. The Bertz CT molecular complexity index is 613. The molecule has 0 aliphatic carbocycles. The topological polar surface area (TPSA) is 91.3 Å². The maximum Gasteiger partial charge on any atom is 0.407 e. The number of nitrogens with zero attached hydrogens (tertiary/aromatic N) is 2. The van der Waals surface area contributed by atoms with Gasteiger partial charge in [-0.25, -0.2) is 9.59 Å². The zero-order chi connectivity index (χ0) is 19.1. The molecule has 8 heteroatoms. The highest BCUT2D eigenvalue weighted by Gasteiger charge is 2.25. The Morgan fingerprint density at radius 3 is 2.46 bits per heavy atom. The van der Waals surface area contributed by atoms with Crippen LogP contribution in [0.1, 0.15) is 24.3 Å². The van der Waals surface area contributed by atoms with Crippen LogP contribution in [0.2, 0.25) is 0 Å². The predicted octanol–water partition coefficient (Wildman–Crippen LogP) is 2.63. The number of carboxylic acid groups (broad SMARTS) is 1. The summed E-state index contributed by atoms with van der Waals surface area (Å²) in [5.74, 6) is 0.220. The van der Waals surface area contributed by atoms with E-state index in [9.17, 15) is 9.59 Å². The standard InChI is InChI=1S/C18H27N3O5/c1-20(12-16(25-2)26-3)17(22)19-15-7-5-4-6-14(15)13-8-10-21(11-9-13)18(23)24/h4-7,13,16H,8-12H2,1-3H3,(H,19,22)(H,23,24). The lowest BCUT2D eigenvalue weighted by atomic mass is 9.88. The zero-order valence-corrected chi connectivity index (χ0v) is 15.5. The van der Waals surface area contributed by atoms with Crippen molar-refractivity contribution in [2.24, 2.45) is 0 Å². The number of urea groups is 1. The number of carbonyl (C=O) groups excluding carboxylic acids is 1. The first kappa shape index (κ1) is 20.0. The summed E-state index contributed by atoms with van der Waals surface area (Å²) in [4.78, 5) is 26.5. The number of para-hydroxylation sites is 1. The molecule has 1 aliphatic heterocycles. The van der Waals surface area contributed by atoms with Gasteiger partial charge < -0.3 is 29.7 Å². The molecule has 3 amide bonds. The average Bonchev–Trinajstić information content (AvgIpc) is 2.66. The molecular weight excluding hydrogens is 338 g/mol. The van der Waals surface area contributed by atoms with Crippen molar-refractivity contribution < 1.29 is 24.2 Å². The molecule has 1 aromatic carbocycles. The third kappa shape index (κ3) is 5.09. The number of amides is 3. The van der Waals surface area contributed by atoms with Crippen molar-refractivity contribution in [2.45, 2.75) is 25.0 Å². The highest BCUT2D eigenvalue weighted by Crippen LogP contribution is 2.33. The van der Waals surface area contributed by atoms with E-state index in [4.69, 9.17) is 14.6 Å². The highest BCUT2D eigenvalue weighted by atomic mass is 16.7. The fraction of sp³-hybridized carbons (Fsp3) is 0.556. The number of likely N-dealkylation sites (tertiary alicyclic amines) is 1. The molecule has 2 rings (SSSR count). The molecule has 2 N–H and O–H groups in total. The average molecular weight is 365 g/mol. The molecule has 1 aliphatic rings. The molecule has 8 nitrogen and oxygen atoms in total. The van der Waals surface area contributed by atoms with Gasteiger partial charge in [0.15, 0.2) is 6.29 Å².